The van der Waals surface area contributed by atoms with Crippen LogP contribution in [-0.4, -0.2) is 29.5 Å². The van der Waals surface area contributed by atoms with Crippen LogP contribution in [0.5, 0.6) is 0 Å². The molecule has 2 N–H and O–H groups in total. The van der Waals surface area contributed by atoms with Crippen LogP contribution in [0.15, 0.2) is 35.3 Å². The van der Waals surface area contributed by atoms with E-state index in [1.165, 1.54) is 18.4 Å². The van der Waals surface area contributed by atoms with Crippen LogP contribution in [0.4, 0.5) is 0 Å². The Bertz CT molecular complexity index is 422. The fourth-order valence-corrected chi connectivity index (χ4v) is 2.71. The third-order valence-corrected chi connectivity index (χ3v) is 3.90. The fraction of sp³-hybridized carbons (Fsp3) is 0.500. The summed E-state index contributed by atoms with van der Waals surface area (Å²) < 4.78 is 0. The first-order valence-corrected chi connectivity index (χ1v) is 6.40. The molecule has 1 aromatic carbocycles. The zero-order valence-electron chi connectivity index (χ0n) is 10.2. The molecular weight excluding hydrogens is 210 g/mol. The van der Waals surface area contributed by atoms with E-state index < -0.39 is 0 Å². The second-order valence-corrected chi connectivity index (χ2v) is 5.10. The minimum absolute atomic E-state index is 0.449. The molecule has 2 unspecified atom stereocenters. The molecule has 1 fully saturated rings. The van der Waals surface area contributed by atoms with Crippen molar-refractivity contribution in [3.05, 3.63) is 35.9 Å². The highest BCUT2D eigenvalue weighted by molar-refractivity contribution is 5.81. The minimum Gasteiger partial charge on any atom is -0.370 e. The van der Waals surface area contributed by atoms with Crippen LogP contribution in [-0.2, 0) is 0 Å². The molecule has 3 rings (SSSR count). The molecule has 1 aromatic rings. The van der Waals surface area contributed by atoms with E-state index >= 15 is 0 Å². The van der Waals surface area contributed by atoms with Gasteiger partial charge in [-0.15, -0.1) is 0 Å². The lowest BCUT2D eigenvalue weighted by Crippen LogP contribution is -2.44. The molecule has 0 aromatic heterocycles. The van der Waals surface area contributed by atoms with Gasteiger partial charge in [0, 0.05) is 12.0 Å². The second-order valence-electron chi connectivity index (χ2n) is 5.10. The lowest BCUT2D eigenvalue weighted by molar-refractivity contribution is 0.296. The van der Waals surface area contributed by atoms with Crippen molar-refractivity contribution in [1.29, 1.82) is 0 Å². The molecule has 3 heteroatoms. The van der Waals surface area contributed by atoms with Gasteiger partial charge in [-0.2, -0.15) is 0 Å². The largest absolute Gasteiger partial charge is 0.370 e. The molecule has 1 saturated carbocycles. The first kappa shape index (κ1) is 10.6. The Kier molecular flexibility index (Phi) is 2.54. The Balaban J connectivity index is 1.80. The van der Waals surface area contributed by atoms with E-state index in [4.69, 9.17) is 5.73 Å². The zero-order valence-corrected chi connectivity index (χ0v) is 10.2. The highest BCUT2D eigenvalue weighted by atomic mass is 15.4. The summed E-state index contributed by atoms with van der Waals surface area (Å²) >= 11 is 0. The molecule has 0 bridgehead atoms. The predicted molar refractivity (Wildman–Crippen MR) is 70.0 cm³/mol. The van der Waals surface area contributed by atoms with Gasteiger partial charge in [0.05, 0.1) is 12.6 Å². The number of hydrogen-bond acceptors (Lipinski definition) is 3. The van der Waals surface area contributed by atoms with Crippen molar-refractivity contribution in [2.45, 2.75) is 37.8 Å². The van der Waals surface area contributed by atoms with E-state index in [9.17, 15) is 0 Å². The smallest absolute Gasteiger partial charge is 0.191 e. The van der Waals surface area contributed by atoms with Gasteiger partial charge in [-0.3, -0.25) is 4.99 Å². The summed E-state index contributed by atoms with van der Waals surface area (Å²) in [5.74, 6) is 1.24. The molecule has 0 saturated heterocycles. The van der Waals surface area contributed by atoms with Crippen LogP contribution in [0.1, 0.15) is 31.2 Å². The van der Waals surface area contributed by atoms with Crippen molar-refractivity contribution >= 4 is 5.96 Å². The van der Waals surface area contributed by atoms with Crippen molar-refractivity contribution in [1.82, 2.24) is 4.90 Å². The molecule has 0 amide bonds. The summed E-state index contributed by atoms with van der Waals surface area (Å²) in [7, 11) is 0. The van der Waals surface area contributed by atoms with Crippen molar-refractivity contribution in [2.24, 2.45) is 10.7 Å². The average Bonchev–Trinajstić information content (AvgIpc) is 3.13. The summed E-state index contributed by atoms with van der Waals surface area (Å²) in [6.45, 7) is 3.13. The van der Waals surface area contributed by atoms with Gasteiger partial charge in [-0.25, -0.2) is 0 Å². The molecule has 2 atom stereocenters. The maximum absolute atomic E-state index is 6.00. The molecule has 1 aliphatic carbocycles. The minimum atomic E-state index is 0.449. The Morgan fingerprint density at radius 1 is 1.29 bits per heavy atom. The van der Waals surface area contributed by atoms with Gasteiger partial charge in [0.15, 0.2) is 5.96 Å². The molecule has 1 heterocycles. The summed E-state index contributed by atoms with van der Waals surface area (Å²) in [4.78, 5) is 6.77. The van der Waals surface area contributed by atoms with Crippen LogP contribution in [0.2, 0.25) is 0 Å². The van der Waals surface area contributed by atoms with Crippen LogP contribution < -0.4 is 5.73 Å². The van der Waals surface area contributed by atoms with E-state index in [-0.39, 0.29) is 0 Å². The highest BCUT2D eigenvalue weighted by Gasteiger charge is 2.40. The maximum Gasteiger partial charge on any atom is 0.191 e. The molecule has 0 spiro atoms. The third kappa shape index (κ3) is 1.90. The summed E-state index contributed by atoms with van der Waals surface area (Å²) in [5, 5.41) is 0. The number of nitrogens with zero attached hydrogens (tertiary/aromatic N) is 2. The Morgan fingerprint density at radius 2 is 2.00 bits per heavy atom. The SMILES string of the molecule is CC(c1ccccc1)C1CN=C(N)N1C1CC1. The van der Waals surface area contributed by atoms with Gasteiger partial charge >= 0.3 is 0 Å². The molecular formula is C14H19N3. The van der Waals surface area contributed by atoms with Gasteiger partial charge in [-0.05, 0) is 18.4 Å². The van der Waals surface area contributed by atoms with E-state index in [1.54, 1.807) is 0 Å². The number of benzene rings is 1. The lowest BCUT2D eigenvalue weighted by atomic mass is 9.93. The van der Waals surface area contributed by atoms with Gasteiger partial charge in [0.25, 0.3) is 0 Å². The third-order valence-electron chi connectivity index (χ3n) is 3.90. The Morgan fingerprint density at radius 3 is 2.65 bits per heavy atom. The second kappa shape index (κ2) is 4.06. The van der Waals surface area contributed by atoms with Crippen LogP contribution >= 0.6 is 0 Å². The zero-order chi connectivity index (χ0) is 11.8. The normalized spacial score (nSPS) is 25.8. The van der Waals surface area contributed by atoms with Gasteiger partial charge in [-0.1, -0.05) is 37.3 Å². The topological polar surface area (TPSA) is 41.6 Å². The molecule has 17 heavy (non-hydrogen) atoms. The van der Waals surface area contributed by atoms with Crippen LogP contribution in [0, 0.1) is 0 Å². The molecule has 90 valence electrons. The van der Waals surface area contributed by atoms with Crippen molar-refractivity contribution in [3.63, 3.8) is 0 Å². The van der Waals surface area contributed by atoms with E-state index in [0.717, 1.165) is 12.5 Å². The number of aliphatic imine (C=N–C) groups is 1. The van der Waals surface area contributed by atoms with Gasteiger partial charge < -0.3 is 10.6 Å². The first-order valence-electron chi connectivity index (χ1n) is 6.40. The molecule has 0 radical (unpaired) electrons. The van der Waals surface area contributed by atoms with Crippen LogP contribution in [0.25, 0.3) is 0 Å². The summed E-state index contributed by atoms with van der Waals surface area (Å²) in [6, 6.07) is 11.8. The van der Waals surface area contributed by atoms with E-state index in [2.05, 4.69) is 47.1 Å². The molecule has 3 nitrogen and oxygen atoms in total. The Labute approximate surface area is 102 Å². The van der Waals surface area contributed by atoms with Crippen LogP contribution in [0.3, 0.4) is 0 Å². The predicted octanol–water partition coefficient (Wildman–Crippen LogP) is 1.95. The van der Waals surface area contributed by atoms with E-state index in [1.807, 2.05) is 0 Å². The molecule has 1 aliphatic heterocycles. The fourth-order valence-electron chi connectivity index (χ4n) is 2.71. The van der Waals surface area contributed by atoms with Crippen molar-refractivity contribution < 1.29 is 0 Å². The Hall–Kier alpha value is -1.51. The summed E-state index contributed by atoms with van der Waals surface area (Å²) in [6.07, 6.45) is 2.54. The first-order chi connectivity index (χ1) is 8.27. The number of guanidine groups is 1. The highest BCUT2D eigenvalue weighted by Crippen LogP contribution is 2.35. The van der Waals surface area contributed by atoms with Crippen molar-refractivity contribution in [3.8, 4) is 0 Å². The van der Waals surface area contributed by atoms with Gasteiger partial charge in [0.2, 0.25) is 0 Å². The molecule has 2 aliphatic rings. The number of nitrogens with two attached hydrogens (primary N) is 1. The number of rotatable bonds is 3. The summed E-state index contributed by atoms with van der Waals surface area (Å²) in [5.41, 5.74) is 7.38. The monoisotopic (exact) mass is 229 g/mol. The maximum atomic E-state index is 6.00. The quantitative estimate of drug-likeness (QED) is 0.860. The number of hydrogen-bond donors (Lipinski definition) is 1. The standard InChI is InChI=1S/C14H19N3/c1-10(11-5-3-2-4-6-11)13-9-16-14(15)17(13)12-7-8-12/h2-6,10,12-13H,7-9H2,1H3,(H2,15,16). The lowest BCUT2D eigenvalue weighted by Gasteiger charge is -2.31. The van der Waals surface area contributed by atoms with E-state index in [0.29, 0.717) is 18.0 Å². The van der Waals surface area contributed by atoms with Crippen molar-refractivity contribution in [2.75, 3.05) is 6.54 Å². The van der Waals surface area contributed by atoms with Gasteiger partial charge in [0.1, 0.15) is 0 Å². The average molecular weight is 229 g/mol.